The van der Waals surface area contributed by atoms with Crippen LogP contribution in [0.15, 0.2) is 30.3 Å². The van der Waals surface area contributed by atoms with E-state index >= 15 is 0 Å². The summed E-state index contributed by atoms with van der Waals surface area (Å²) in [5.41, 5.74) is 1.33. The molecule has 1 atom stereocenters. The Morgan fingerprint density at radius 2 is 2.00 bits per heavy atom. The largest absolute Gasteiger partial charge is 0.353 e. The van der Waals surface area contributed by atoms with Crippen LogP contribution in [0.25, 0.3) is 0 Å². The van der Waals surface area contributed by atoms with E-state index < -0.39 is 0 Å². The topological polar surface area (TPSA) is 41.1 Å². The van der Waals surface area contributed by atoms with E-state index in [1.165, 1.54) is 24.8 Å². The zero-order valence-electron chi connectivity index (χ0n) is 13.1. The summed E-state index contributed by atoms with van der Waals surface area (Å²) in [6.45, 7) is 2.98. The van der Waals surface area contributed by atoms with Gasteiger partial charge in [0.2, 0.25) is 5.91 Å². The van der Waals surface area contributed by atoms with Gasteiger partial charge >= 0.3 is 0 Å². The van der Waals surface area contributed by atoms with Crippen LogP contribution in [-0.4, -0.2) is 18.5 Å². The van der Waals surface area contributed by atoms with Crippen LogP contribution in [0.3, 0.4) is 0 Å². The number of unbranched alkanes of at least 4 members (excludes halogenated alkanes) is 2. The molecule has 1 saturated carbocycles. The number of nitrogens with one attached hydrogen (secondary N) is 2. The van der Waals surface area contributed by atoms with Crippen LogP contribution >= 0.6 is 0 Å². The van der Waals surface area contributed by atoms with Crippen LogP contribution in [0.5, 0.6) is 0 Å². The minimum absolute atomic E-state index is 0.186. The summed E-state index contributed by atoms with van der Waals surface area (Å²) in [5, 5.41) is 6.60. The smallest absolute Gasteiger partial charge is 0.221 e. The summed E-state index contributed by atoms with van der Waals surface area (Å²) in [4.78, 5) is 11.7. The lowest BCUT2D eigenvalue weighted by atomic mass is 10.0. The van der Waals surface area contributed by atoms with Crippen LogP contribution in [0.1, 0.15) is 63.5 Å². The molecule has 3 nitrogen and oxygen atoms in total. The standard InChI is InChI=1S/C18H28N2O/c1-2-3-5-10-17(15-8-6-4-7-9-15)19-14-13-18(21)20-16-11-12-16/h4,6-9,16-17,19H,2-3,5,10-14H2,1H3,(H,20,21). The fourth-order valence-corrected chi connectivity index (χ4v) is 2.56. The molecule has 0 aromatic heterocycles. The van der Waals surface area contributed by atoms with Gasteiger partial charge in [-0.2, -0.15) is 0 Å². The van der Waals surface area contributed by atoms with E-state index in [4.69, 9.17) is 0 Å². The van der Waals surface area contributed by atoms with Crippen molar-refractivity contribution in [2.75, 3.05) is 6.54 Å². The lowest BCUT2D eigenvalue weighted by Gasteiger charge is -2.19. The Morgan fingerprint density at radius 3 is 2.67 bits per heavy atom. The van der Waals surface area contributed by atoms with E-state index in [0.29, 0.717) is 18.5 Å². The predicted octanol–water partition coefficient (Wildman–Crippen LogP) is 3.57. The molecule has 1 aliphatic rings. The summed E-state index contributed by atoms with van der Waals surface area (Å²) >= 11 is 0. The summed E-state index contributed by atoms with van der Waals surface area (Å²) in [6.07, 6.45) is 7.77. The van der Waals surface area contributed by atoms with E-state index in [0.717, 1.165) is 25.8 Å². The van der Waals surface area contributed by atoms with Crippen LogP contribution in [0.2, 0.25) is 0 Å². The van der Waals surface area contributed by atoms with Crippen molar-refractivity contribution in [1.82, 2.24) is 10.6 Å². The maximum Gasteiger partial charge on any atom is 0.221 e. The van der Waals surface area contributed by atoms with E-state index in [1.807, 2.05) is 0 Å². The van der Waals surface area contributed by atoms with E-state index in [-0.39, 0.29) is 5.91 Å². The van der Waals surface area contributed by atoms with Crippen molar-refractivity contribution in [2.45, 2.75) is 64.0 Å². The van der Waals surface area contributed by atoms with Gasteiger partial charge in [-0.25, -0.2) is 0 Å². The van der Waals surface area contributed by atoms with Gasteiger partial charge in [0.1, 0.15) is 0 Å². The van der Waals surface area contributed by atoms with Crippen molar-refractivity contribution < 1.29 is 4.79 Å². The minimum Gasteiger partial charge on any atom is -0.353 e. The Bertz CT molecular complexity index is 414. The number of amides is 1. The molecular weight excluding hydrogens is 260 g/mol. The minimum atomic E-state index is 0.186. The van der Waals surface area contributed by atoms with Crippen molar-refractivity contribution in [2.24, 2.45) is 0 Å². The summed E-state index contributed by atoms with van der Waals surface area (Å²) < 4.78 is 0. The van der Waals surface area contributed by atoms with Crippen LogP contribution < -0.4 is 10.6 Å². The molecule has 1 aromatic rings. The third kappa shape index (κ3) is 6.30. The first-order valence-corrected chi connectivity index (χ1v) is 8.37. The van der Waals surface area contributed by atoms with Crippen LogP contribution in [0, 0.1) is 0 Å². The highest BCUT2D eigenvalue weighted by Gasteiger charge is 2.22. The Kier molecular flexibility index (Phi) is 6.74. The zero-order valence-corrected chi connectivity index (χ0v) is 13.1. The Balaban J connectivity index is 1.76. The van der Waals surface area contributed by atoms with Gasteiger partial charge in [-0.15, -0.1) is 0 Å². The SMILES string of the molecule is CCCCCC(NCCC(=O)NC1CC1)c1ccccc1. The molecule has 1 amide bonds. The number of carbonyl (C=O) groups excluding carboxylic acids is 1. The summed E-state index contributed by atoms with van der Waals surface area (Å²) in [6, 6.07) is 11.4. The molecule has 0 aliphatic heterocycles. The average Bonchev–Trinajstić information content (AvgIpc) is 3.30. The second-order valence-corrected chi connectivity index (χ2v) is 6.00. The number of carbonyl (C=O) groups is 1. The van der Waals surface area contributed by atoms with Crippen molar-refractivity contribution in [3.8, 4) is 0 Å². The number of rotatable bonds is 10. The molecule has 0 heterocycles. The van der Waals surface area contributed by atoms with Crippen molar-refractivity contribution in [3.63, 3.8) is 0 Å². The molecule has 21 heavy (non-hydrogen) atoms. The van der Waals surface area contributed by atoms with Crippen molar-refractivity contribution >= 4 is 5.91 Å². The van der Waals surface area contributed by atoms with Crippen molar-refractivity contribution in [1.29, 1.82) is 0 Å². The Morgan fingerprint density at radius 1 is 1.24 bits per heavy atom. The highest BCUT2D eigenvalue weighted by atomic mass is 16.1. The lowest BCUT2D eigenvalue weighted by molar-refractivity contribution is -0.121. The van der Waals surface area contributed by atoms with Crippen LogP contribution in [-0.2, 0) is 4.79 Å². The molecule has 0 bridgehead atoms. The third-order valence-electron chi connectivity index (χ3n) is 3.98. The van der Waals surface area contributed by atoms with Crippen molar-refractivity contribution in [3.05, 3.63) is 35.9 Å². The van der Waals surface area contributed by atoms with Gasteiger partial charge in [-0.3, -0.25) is 4.79 Å². The molecule has 0 radical (unpaired) electrons. The highest BCUT2D eigenvalue weighted by molar-refractivity contribution is 5.76. The first-order valence-electron chi connectivity index (χ1n) is 8.37. The maximum atomic E-state index is 11.7. The van der Waals surface area contributed by atoms with Gasteiger partial charge in [0.15, 0.2) is 0 Å². The predicted molar refractivity (Wildman–Crippen MR) is 87.1 cm³/mol. The second-order valence-electron chi connectivity index (χ2n) is 6.00. The molecule has 1 unspecified atom stereocenters. The first kappa shape index (κ1) is 16.0. The van der Waals surface area contributed by atoms with Gasteiger partial charge in [-0.1, -0.05) is 56.5 Å². The fraction of sp³-hybridized carbons (Fsp3) is 0.611. The highest BCUT2D eigenvalue weighted by Crippen LogP contribution is 2.20. The molecule has 2 N–H and O–H groups in total. The molecule has 0 saturated heterocycles. The lowest BCUT2D eigenvalue weighted by Crippen LogP contribution is -2.30. The molecule has 1 aliphatic carbocycles. The fourth-order valence-electron chi connectivity index (χ4n) is 2.56. The Labute approximate surface area is 128 Å². The third-order valence-corrected chi connectivity index (χ3v) is 3.98. The summed E-state index contributed by atoms with van der Waals surface area (Å²) in [5.74, 6) is 0.186. The molecule has 1 aromatic carbocycles. The monoisotopic (exact) mass is 288 g/mol. The normalized spacial score (nSPS) is 15.7. The van der Waals surface area contributed by atoms with Gasteiger partial charge < -0.3 is 10.6 Å². The molecule has 1 fully saturated rings. The van der Waals surface area contributed by atoms with Gasteiger partial charge in [0.25, 0.3) is 0 Å². The first-order chi connectivity index (χ1) is 10.3. The molecule has 3 heteroatoms. The molecule has 0 spiro atoms. The average molecular weight is 288 g/mol. The molecule has 2 rings (SSSR count). The van der Waals surface area contributed by atoms with E-state index in [2.05, 4.69) is 47.9 Å². The quantitative estimate of drug-likeness (QED) is 0.646. The van der Waals surface area contributed by atoms with Gasteiger partial charge in [0, 0.05) is 25.0 Å². The maximum absolute atomic E-state index is 11.7. The zero-order chi connectivity index (χ0) is 14.9. The Hall–Kier alpha value is -1.35. The second kappa shape index (κ2) is 8.83. The van der Waals surface area contributed by atoms with Crippen LogP contribution in [0.4, 0.5) is 0 Å². The van der Waals surface area contributed by atoms with Gasteiger partial charge in [0.05, 0.1) is 0 Å². The number of hydrogen-bond donors (Lipinski definition) is 2. The summed E-state index contributed by atoms with van der Waals surface area (Å²) in [7, 11) is 0. The molecular formula is C18H28N2O. The molecule has 116 valence electrons. The number of hydrogen-bond acceptors (Lipinski definition) is 2. The number of benzene rings is 1. The van der Waals surface area contributed by atoms with E-state index in [9.17, 15) is 4.79 Å². The van der Waals surface area contributed by atoms with E-state index in [1.54, 1.807) is 0 Å². The van der Waals surface area contributed by atoms with Gasteiger partial charge in [-0.05, 0) is 24.8 Å².